The summed E-state index contributed by atoms with van der Waals surface area (Å²) in [6.45, 7) is 13.8. The van der Waals surface area contributed by atoms with Gasteiger partial charge in [0, 0.05) is 6.42 Å². The quantitative estimate of drug-likeness (QED) is 0.141. The number of esters is 2. The van der Waals surface area contributed by atoms with E-state index in [2.05, 4.69) is 13.2 Å². The van der Waals surface area contributed by atoms with Crippen molar-refractivity contribution < 1.29 is 33.6 Å². The lowest BCUT2D eigenvalue weighted by molar-refractivity contribution is -0.155. The van der Waals surface area contributed by atoms with Gasteiger partial charge in [-0.15, -0.1) is 13.2 Å². The highest BCUT2D eigenvalue weighted by molar-refractivity contribution is 5.94. The maximum absolute atomic E-state index is 13.3. The van der Waals surface area contributed by atoms with Gasteiger partial charge in [0.2, 0.25) is 0 Å². The minimum Gasteiger partial charge on any atom is -0.507 e. The van der Waals surface area contributed by atoms with Crippen LogP contribution in [0.15, 0.2) is 67.8 Å². The molecule has 1 unspecified atom stereocenters. The molecule has 39 heavy (non-hydrogen) atoms. The molecular weight excluding hydrogens is 496 g/mol. The maximum atomic E-state index is 13.3. The number of hydrogen-bond acceptors (Lipinski definition) is 7. The predicted octanol–water partition coefficient (Wildman–Crippen LogP) is 6.43. The molecule has 0 amide bonds. The minimum atomic E-state index is -0.655. The zero-order chi connectivity index (χ0) is 28.8. The van der Waals surface area contributed by atoms with Crippen LogP contribution >= 0.6 is 0 Å². The van der Waals surface area contributed by atoms with Crippen LogP contribution in [0.2, 0.25) is 0 Å². The highest BCUT2D eigenvalue weighted by Gasteiger charge is 2.32. The molecule has 0 fully saturated rings. The number of carbonyl (C=O) groups excluding carboxylic acids is 2. The topological polar surface area (TPSA) is 91.3 Å². The number of phenolic OH excluding ortho intramolecular Hbond substituents is 1. The largest absolute Gasteiger partial charge is 0.507 e. The minimum absolute atomic E-state index is 0.0726. The van der Waals surface area contributed by atoms with Gasteiger partial charge in [0.05, 0.1) is 32.3 Å². The van der Waals surface area contributed by atoms with E-state index in [0.717, 1.165) is 11.3 Å². The molecule has 0 bridgehead atoms. The SMILES string of the molecule is C=CCc1cccc(O)c1C(=O)O[C@@H](CCOCc1ccc(OC)cc1)C[C@@H](C(=O)OC(C)C)C(C)CC=C. The van der Waals surface area contributed by atoms with Gasteiger partial charge in [-0.25, -0.2) is 4.79 Å². The zero-order valence-corrected chi connectivity index (χ0v) is 23.6. The molecule has 0 heterocycles. The van der Waals surface area contributed by atoms with E-state index in [1.165, 1.54) is 6.07 Å². The molecule has 0 saturated heterocycles. The van der Waals surface area contributed by atoms with Gasteiger partial charge in [-0.2, -0.15) is 0 Å². The summed E-state index contributed by atoms with van der Waals surface area (Å²) in [6, 6.07) is 12.4. The number of aromatic hydroxyl groups is 1. The van der Waals surface area contributed by atoms with Crippen molar-refractivity contribution in [3.63, 3.8) is 0 Å². The second-order valence-corrected chi connectivity index (χ2v) is 9.85. The second kappa shape index (κ2) is 16.4. The molecule has 1 N–H and O–H groups in total. The lowest BCUT2D eigenvalue weighted by Gasteiger charge is -2.27. The summed E-state index contributed by atoms with van der Waals surface area (Å²) in [5.41, 5.74) is 1.69. The fraction of sp³-hybridized carbons (Fsp3) is 0.438. The molecule has 7 nitrogen and oxygen atoms in total. The number of ether oxygens (including phenoxy) is 4. The van der Waals surface area contributed by atoms with Gasteiger partial charge in [0.25, 0.3) is 0 Å². The molecule has 2 aromatic carbocycles. The first-order valence-electron chi connectivity index (χ1n) is 13.3. The van der Waals surface area contributed by atoms with Crippen molar-refractivity contribution in [1.82, 2.24) is 0 Å². The molecular formula is C32H42O7. The van der Waals surface area contributed by atoms with Crippen molar-refractivity contribution in [3.8, 4) is 11.5 Å². The lowest BCUT2D eigenvalue weighted by Crippen LogP contribution is -2.32. The van der Waals surface area contributed by atoms with Crippen LogP contribution in [0.4, 0.5) is 0 Å². The predicted molar refractivity (Wildman–Crippen MR) is 152 cm³/mol. The van der Waals surface area contributed by atoms with Crippen LogP contribution in [-0.4, -0.2) is 43.0 Å². The fourth-order valence-electron chi connectivity index (χ4n) is 4.30. The van der Waals surface area contributed by atoms with Gasteiger partial charge in [0.1, 0.15) is 23.2 Å². The summed E-state index contributed by atoms with van der Waals surface area (Å²) < 4.78 is 22.6. The van der Waals surface area contributed by atoms with Gasteiger partial charge >= 0.3 is 11.9 Å². The highest BCUT2D eigenvalue weighted by Crippen LogP contribution is 2.29. The number of benzene rings is 2. The van der Waals surface area contributed by atoms with E-state index in [0.29, 0.717) is 38.0 Å². The summed E-state index contributed by atoms with van der Waals surface area (Å²) in [7, 11) is 1.61. The first kappa shape index (κ1) is 31.6. The number of phenols is 1. The first-order valence-corrected chi connectivity index (χ1v) is 13.3. The third kappa shape index (κ3) is 10.2. The van der Waals surface area contributed by atoms with Crippen LogP contribution in [0.1, 0.15) is 61.5 Å². The van der Waals surface area contributed by atoms with Crippen LogP contribution in [0.5, 0.6) is 11.5 Å². The summed E-state index contributed by atoms with van der Waals surface area (Å²) in [5, 5.41) is 10.5. The standard InChI is InChI=1S/C32H42O7/c1-7-10-23(5)28(31(34)38-22(3)4)20-27(18-19-37-21-24-14-16-26(36-6)17-15-24)39-32(35)30-25(11-8-2)12-9-13-29(30)33/h7-9,12-17,22-23,27-28,33H,1-2,10-11,18-21H2,3-6H3/t23?,27-,28+/m0/s1. The molecule has 0 spiro atoms. The highest BCUT2D eigenvalue weighted by atomic mass is 16.6. The summed E-state index contributed by atoms with van der Waals surface area (Å²) in [5.74, 6) is -0.978. The van der Waals surface area contributed by atoms with Gasteiger partial charge in [-0.05, 0) is 68.4 Å². The van der Waals surface area contributed by atoms with E-state index < -0.39 is 18.0 Å². The van der Waals surface area contributed by atoms with Crippen molar-refractivity contribution in [3.05, 3.63) is 84.5 Å². The van der Waals surface area contributed by atoms with Crippen LogP contribution in [0.25, 0.3) is 0 Å². The van der Waals surface area contributed by atoms with Crippen molar-refractivity contribution >= 4 is 11.9 Å². The third-order valence-electron chi connectivity index (χ3n) is 6.38. The molecule has 2 rings (SSSR count). The van der Waals surface area contributed by atoms with E-state index in [-0.39, 0.29) is 35.7 Å². The molecule has 0 radical (unpaired) electrons. The van der Waals surface area contributed by atoms with Crippen LogP contribution in [0.3, 0.4) is 0 Å². The van der Waals surface area contributed by atoms with Crippen LogP contribution in [-0.2, 0) is 32.0 Å². The molecule has 0 aliphatic rings. The molecule has 0 aromatic heterocycles. The van der Waals surface area contributed by atoms with Crippen LogP contribution < -0.4 is 4.74 Å². The normalized spacial score (nSPS) is 13.3. The van der Waals surface area contributed by atoms with Gasteiger partial charge < -0.3 is 24.1 Å². The van der Waals surface area contributed by atoms with E-state index in [9.17, 15) is 14.7 Å². The second-order valence-electron chi connectivity index (χ2n) is 9.85. The van der Waals surface area contributed by atoms with Gasteiger partial charge in [-0.1, -0.05) is 43.3 Å². The molecule has 3 atom stereocenters. The molecule has 0 aliphatic heterocycles. The number of hydrogen-bond donors (Lipinski definition) is 1. The molecule has 2 aromatic rings. The summed E-state index contributed by atoms with van der Waals surface area (Å²) >= 11 is 0. The monoisotopic (exact) mass is 538 g/mol. The number of methoxy groups -OCH3 is 1. The average Bonchev–Trinajstić information content (AvgIpc) is 2.89. The Morgan fingerprint density at radius 1 is 1.00 bits per heavy atom. The average molecular weight is 539 g/mol. The Kier molecular flexibility index (Phi) is 13.3. The molecule has 0 saturated carbocycles. The maximum Gasteiger partial charge on any atom is 0.342 e. The zero-order valence-electron chi connectivity index (χ0n) is 23.6. The number of carbonyl (C=O) groups is 2. The van der Waals surface area contributed by atoms with Crippen molar-refractivity contribution in [1.29, 1.82) is 0 Å². The summed E-state index contributed by atoms with van der Waals surface area (Å²) in [6.07, 6.45) is 4.12. The van der Waals surface area contributed by atoms with E-state index >= 15 is 0 Å². The van der Waals surface area contributed by atoms with Gasteiger partial charge in [0.15, 0.2) is 0 Å². The van der Waals surface area contributed by atoms with Crippen molar-refractivity contribution in [2.75, 3.05) is 13.7 Å². The fourth-order valence-corrected chi connectivity index (χ4v) is 4.30. The van der Waals surface area contributed by atoms with Gasteiger partial charge in [-0.3, -0.25) is 4.79 Å². The Morgan fingerprint density at radius 3 is 2.33 bits per heavy atom. The molecule has 212 valence electrons. The summed E-state index contributed by atoms with van der Waals surface area (Å²) in [4.78, 5) is 26.3. The number of rotatable bonds is 17. The third-order valence-corrected chi connectivity index (χ3v) is 6.38. The Hall–Kier alpha value is -3.58. The Morgan fingerprint density at radius 2 is 1.72 bits per heavy atom. The smallest absolute Gasteiger partial charge is 0.342 e. The van der Waals surface area contributed by atoms with Crippen molar-refractivity contribution in [2.45, 2.75) is 65.3 Å². The van der Waals surface area contributed by atoms with E-state index in [4.69, 9.17) is 18.9 Å². The van der Waals surface area contributed by atoms with E-state index in [1.54, 1.807) is 45.2 Å². The first-order chi connectivity index (χ1) is 18.7. The Labute approximate surface area is 232 Å². The molecule has 7 heteroatoms. The number of allylic oxidation sites excluding steroid dienone is 2. The Bertz CT molecular complexity index is 1070. The molecule has 0 aliphatic carbocycles. The Balaban J connectivity index is 2.22. The van der Waals surface area contributed by atoms with Crippen molar-refractivity contribution in [2.24, 2.45) is 11.8 Å². The lowest BCUT2D eigenvalue weighted by atomic mass is 9.86. The van der Waals surface area contributed by atoms with E-state index in [1.807, 2.05) is 31.2 Å². The van der Waals surface area contributed by atoms with Crippen LogP contribution in [0, 0.1) is 11.8 Å².